The topological polar surface area (TPSA) is 79.5 Å². The van der Waals surface area contributed by atoms with E-state index in [0.29, 0.717) is 6.42 Å². The van der Waals surface area contributed by atoms with Crippen molar-refractivity contribution in [1.82, 2.24) is 10.1 Å². The maximum atomic E-state index is 14.2. The minimum atomic E-state index is -4.82. The number of carbonyl (C=O) groups is 1. The van der Waals surface area contributed by atoms with Gasteiger partial charge in [0.2, 0.25) is 11.7 Å². The van der Waals surface area contributed by atoms with E-state index in [2.05, 4.69) is 14.7 Å². The van der Waals surface area contributed by atoms with Crippen LogP contribution in [0.25, 0.3) is 11.4 Å². The van der Waals surface area contributed by atoms with Gasteiger partial charge in [-0.2, -0.15) is 18.2 Å². The van der Waals surface area contributed by atoms with E-state index in [1.54, 1.807) is 0 Å². The summed E-state index contributed by atoms with van der Waals surface area (Å²) in [5.74, 6) is -3.28. The number of hydrogen-bond acceptors (Lipinski definition) is 5. The molecule has 24 heavy (non-hydrogen) atoms. The largest absolute Gasteiger partial charge is 0.471 e. The number of alkyl halides is 3. The lowest BCUT2D eigenvalue weighted by Gasteiger charge is -2.23. The Bertz CT molecular complexity index is 775. The zero-order valence-electron chi connectivity index (χ0n) is 12.0. The first kappa shape index (κ1) is 16.4. The quantitative estimate of drug-likeness (QED) is 0.864. The lowest BCUT2D eigenvalue weighted by atomic mass is 10.1. The number of aliphatic hydroxyl groups excluding tert-OH is 1. The predicted octanol–water partition coefficient (Wildman–Crippen LogP) is 2.38. The van der Waals surface area contributed by atoms with Crippen molar-refractivity contribution in [2.24, 2.45) is 0 Å². The number of aliphatic hydroxyl groups is 1. The summed E-state index contributed by atoms with van der Waals surface area (Å²) in [4.78, 5) is 16.2. The predicted molar refractivity (Wildman–Crippen MR) is 72.3 cm³/mol. The van der Waals surface area contributed by atoms with Gasteiger partial charge in [0.25, 0.3) is 0 Å². The van der Waals surface area contributed by atoms with Crippen molar-refractivity contribution < 1.29 is 32.0 Å². The van der Waals surface area contributed by atoms with Gasteiger partial charge in [0.15, 0.2) is 0 Å². The molecule has 0 bridgehead atoms. The zero-order valence-corrected chi connectivity index (χ0v) is 12.0. The molecule has 1 unspecified atom stereocenters. The first-order valence-electron chi connectivity index (χ1n) is 6.95. The van der Waals surface area contributed by atoms with E-state index in [1.165, 1.54) is 11.0 Å². The fourth-order valence-corrected chi connectivity index (χ4v) is 2.55. The molecular weight excluding hydrogens is 334 g/mol. The molecule has 1 aromatic carbocycles. The number of anilines is 1. The van der Waals surface area contributed by atoms with Gasteiger partial charge in [0.05, 0.1) is 18.2 Å². The van der Waals surface area contributed by atoms with Crippen LogP contribution in [0.5, 0.6) is 0 Å². The zero-order chi connectivity index (χ0) is 17.5. The molecule has 1 N–H and O–H groups in total. The Balaban J connectivity index is 1.93. The Morgan fingerprint density at radius 2 is 2.12 bits per heavy atom. The summed E-state index contributed by atoms with van der Waals surface area (Å²) in [6.07, 6.45) is -4.15. The number of carbonyl (C=O) groups excluding carboxylic acids is 1. The highest BCUT2D eigenvalue weighted by Crippen LogP contribution is 2.32. The number of nitrogens with zero attached hydrogens (tertiary/aromatic N) is 3. The molecule has 2 aromatic rings. The summed E-state index contributed by atoms with van der Waals surface area (Å²) in [7, 11) is 0. The molecule has 1 aromatic heterocycles. The van der Waals surface area contributed by atoms with E-state index < -0.39 is 29.8 Å². The normalized spacial score (nSPS) is 18.5. The first-order chi connectivity index (χ1) is 11.3. The third-order valence-corrected chi connectivity index (χ3v) is 3.68. The standard InChI is InChI=1S/C14H11F4N3O3/c15-10-5-7(21-8(6-22)2-4-11(21)23)1-3-9(10)12-19-13(24-20-12)14(16,17)18/h1,3,5,8,22H,2,4,6H2. The second-order valence-corrected chi connectivity index (χ2v) is 5.22. The van der Waals surface area contributed by atoms with Crippen molar-refractivity contribution in [1.29, 1.82) is 0 Å². The average Bonchev–Trinajstić information content (AvgIpc) is 3.13. The molecule has 0 spiro atoms. The molecule has 1 atom stereocenters. The van der Waals surface area contributed by atoms with Gasteiger partial charge in [-0.25, -0.2) is 4.39 Å². The molecule has 0 radical (unpaired) electrons. The van der Waals surface area contributed by atoms with Crippen LogP contribution in [0.4, 0.5) is 23.2 Å². The lowest BCUT2D eigenvalue weighted by molar-refractivity contribution is -0.159. The number of rotatable bonds is 3. The van der Waals surface area contributed by atoms with Gasteiger partial charge in [-0.15, -0.1) is 0 Å². The van der Waals surface area contributed by atoms with Crippen LogP contribution in [0.2, 0.25) is 0 Å². The van der Waals surface area contributed by atoms with Crippen molar-refractivity contribution in [2.45, 2.75) is 25.1 Å². The summed E-state index contributed by atoms with van der Waals surface area (Å²) in [6.45, 7) is -0.269. The van der Waals surface area contributed by atoms with E-state index in [4.69, 9.17) is 0 Å². The van der Waals surface area contributed by atoms with Gasteiger partial charge in [-0.05, 0) is 24.6 Å². The van der Waals surface area contributed by atoms with Crippen molar-refractivity contribution >= 4 is 11.6 Å². The Hall–Kier alpha value is -2.49. The molecule has 1 saturated heterocycles. The highest BCUT2D eigenvalue weighted by molar-refractivity contribution is 5.96. The molecule has 3 rings (SSSR count). The van der Waals surface area contributed by atoms with Crippen LogP contribution in [-0.4, -0.2) is 33.8 Å². The van der Waals surface area contributed by atoms with Crippen molar-refractivity contribution in [3.05, 3.63) is 29.9 Å². The summed E-state index contributed by atoms with van der Waals surface area (Å²) < 4.78 is 55.7. The van der Waals surface area contributed by atoms with Gasteiger partial charge < -0.3 is 14.5 Å². The Labute approximate surface area is 132 Å². The van der Waals surface area contributed by atoms with Crippen LogP contribution in [0.1, 0.15) is 18.7 Å². The van der Waals surface area contributed by atoms with Gasteiger partial charge in [0.1, 0.15) is 5.82 Å². The van der Waals surface area contributed by atoms with E-state index in [9.17, 15) is 27.5 Å². The highest BCUT2D eigenvalue weighted by atomic mass is 19.4. The molecule has 10 heteroatoms. The Morgan fingerprint density at radius 3 is 2.71 bits per heavy atom. The van der Waals surface area contributed by atoms with E-state index in [1.807, 2.05) is 0 Å². The van der Waals surface area contributed by atoms with E-state index >= 15 is 0 Å². The minimum absolute atomic E-state index is 0.206. The summed E-state index contributed by atoms with van der Waals surface area (Å²) in [5.41, 5.74) is -0.0810. The minimum Gasteiger partial charge on any atom is -0.394 e. The Kier molecular flexibility index (Phi) is 3.99. The molecule has 128 valence electrons. The lowest BCUT2D eigenvalue weighted by Crippen LogP contribution is -2.35. The SMILES string of the molecule is O=C1CCC(CO)N1c1ccc(-c2noc(C(F)(F)F)n2)c(F)c1. The summed E-state index contributed by atoms with van der Waals surface area (Å²) in [5, 5.41) is 12.4. The Morgan fingerprint density at radius 1 is 1.38 bits per heavy atom. The monoisotopic (exact) mass is 345 g/mol. The molecule has 2 heterocycles. The van der Waals surface area contributed by atoms with Crippen molar-refractivity contribution in [3.63, 3.8) is 0 Å². The van der Waals surface area contributed by atoms with E-state index in [-0.39, 0.29) is 30.2 Å². The van der Waals surface area contributed by atoms with Crippen LogP contribution < -0.4 is 4.90 Å². The second-order valence-electron chi connectivity index (χ2n) is 5.22. The molecule has 0 saturated carbocycles. The summed E-state index contributed by atoms with van der Waals surface area (Å²) >= 11 is 0. The molecule has 0 aliphatic carbocycles. The van der Waals surface area contributed by atoms with Crippen LogP contribution in [-0.2, 0) is 11.0 Å². The third-order valence-electron chi connectivity index (χ3n) is 3.68. The molecule has 1 aliphatic heterocycles. The maximum Gasteiger partial charge on any atom is 0.471 e. The molecule has 1 amide bonds. The fraction of sp³-hybridized carbons (Fsp3) is 0.357. The number of amides is 1. The van der Waals surface area contributed by atoms with Crippen LogP contribution in [0, 0.1) is 5.82 Å². The van der Waals surface area contributed by atoms with Crippen LogP contribution in [0.15, 0.2) is 22.7 Å². The van der Waals surface area contributed by atoms with Crippen molar-refractivity contribution in [2.75, 3.05) is 11.5 Å². The maximum absolute atomic E-state index is 14.2. The third kappa shape index (κ3) is 2.84. The van der Waals surface area contributed by atoms with E-state index in [0.717, 1.165) is 12.1 Å². The fourth-order valence-electron chi connectivity index (χ4n) is 2.55. The second kappa shape index (κ2) is 5.86. The van der Waals surface area contributed by atoms with Gasteiger partial charge in [0, 0.05) is 12.1 Å². The first-order valence-corrected chi connectivity index (χ1v) is 6.95. The molecule has 6 nitrogen and oxygen atoms in total. The highest BCUT2D eigenvalue weighted by Gasteiger charge is 2.39. The smallest absolute Gasteiger partial charge is 0.394 e. The molecule has 1 fully saturated rings. The van der Waals surface area contributed by atoms with Gasteiger partial charge in [-0.1, -0.05) is 5.16 Å². The number of halogens is 4. The van der Waals surface area contributed by atoms with Crippen LogP contribution >= 0.6 is 0 Å². The van der Waals surface area contributed by atoms with Crippen LogP contribution in [0.3, 0.4) is 0 Å². The number of hydrogen-bond donors (Lipinski definition) is 1. The summed E-state index contributed by atoms with van der Waals surface area (Å²) in [6, 6.07) is 3.05. The van der Waals surface area contributed by atoms with Gasteiger partial charge >= 0.3 is 12.1 Å². The number of aromatic nitrogens is 2. The van der Waals surface area contributed by atoms with Gasteiger partial charge in [-0.3, -0.25) is 4.79 Å². The average molecular weight is 345 g/mol. The van der Waals surface area contributed by atoms with Crippen molar-refractivity contribution in [3.8, 4) is 11.4 Å². The molecule has 1 aliphatic rings. The number of benzene rings is 1. The molecular formula is C14H11F4N3O3.